The van der Waals surface area contributed by atoms with Crippen LogP contribution in [0.4, 0.5) is 0 Å². The van der Waals surface area contributed by atoms with Crippen molar-refractivity contribution in [3.63, 3.8) is 0 Å². The first-order valence-electron chi connectivity index (χ1n) is 12.8. The SMILES string of the molecule is CC1=C[C@H]2[C@H](O)[C@@H](C)CC[C@@H]2[C@@]2(C)C(=O)O[C@H](C)CCC/C=C(/C)[C@H](O)[C@@H](C)/C=C/C=C/[C@@H]12. The minimum Gasteiger partial charge on any atom is -0.462 e. The van der Waals surface area contributed by atoms with Crippen LogP contribution in [0.25, 0.3) is 0 Å². The fourth-order valence-electron chi connectivity index (χ4n) is 6.24. The second kappa shape index (κ2) is 10.7. The van der Waals surface area contributed by atoms with Crippen LogP contribution in [0.5, 0.6) is 0 Å². The Hall–Kier alpha value is -1.65. The van der Waals surface area contributed by atoms with Crippen LogP contribution in [-0.2, 0) is 9.53 Å². The molecule has 1 heterocycles. The van der Waals surface area contributed by atoms with Crippen LogP contribution in [0.1, 0.15) is 73.6 Å². The summed E-state index contributed by atoms with van der Waals surface area (Å²) < 4.78 is 6.08. The number of hydrogen-bond donors (Lipinski definition) is 2. The molecular formula is C29H44O4. The molecule has 0 saturated heterocycles. The zero-order valence-corrected chi connectivity index (χ0v) is 21.3. The number of carbonyl (C=O) groups excluding carboxylic acids is 1. The zero-order chi connectivity index (χ0) is 24.3. The minimum atomic E-state index is -0.720. The second-order valence-electron chi connectivity index (χ2n) is 11.1. The Morgan fingerprint density at radius 3 is 2.42 bits per heavy atom. The van der Waals surface area contributed by atoms with Gasteiger partial charge in [-0.1, -0.05) is 55.9 Å². The quantitative estimate of drug-likeness (QED) is 0.359. The van der Waals surface area contributed by atoms with Crippen molar-refractivity contribution in [3.05, 3.63) is 47.6 Å². The summed E-state index contributed by atoms with van der Waals surface area (Å²) in [5.74, 6) is 0.0569. The molecule has 1 fully saturated rings. The largest absolute Gasteiger partial charge is 0.462 e. The summed E-state index contributed by atoms with van der Waals surface area (Å²) in [7, 11) is 0. The molecule has 33 heavy (non-hydrogen) atoms. The summed E-state index contributed by atoms with van der Waals surface area (Å²) >= 11 is 0. The highest BCUT2D eigenvalue weighted by Gasteiger charge is 2.56. The van der Waals surface area contributed by atoms with Gasteiger partial charge in [-0.15, -0.1) is 0 Å². The van der Waals surface area contributed by atoms with Crippen molar-refractivity contribution >= 4 is 5.97 Å². The zero-order valence-electron chi connectivity index (χ0n) is 21.3. The number of ether oxygens (including phenoxy) is 1. The van der Waals surface area contributed by atoms with Crippen molar-refractivity contribution < 1.29 is 19.7 Å². The highest BCUT2D eigenvalue weighted by atomic mass is 16.5. The second-order valence-corrected chi connectivity index (χ2v) is 11.1. The van der Waals surface area contributed by atoms with Crippen LogP contribution in [0.15, 0.2) is 47.6 Å². The summed E-state index contributed by atoms with van der Waals surface area (Å²) in [6.45, 7) is 12.2. The molecular weight excluding hydrogens is 412 g/mol. The molecule has 0 spiro atoms. The molecule has 9 atom stereocenters. The van der Waals surface area contributed by atoms with E-state index < -0.39 is 17.6 Å². The molecule has 1 saturated carbocycles. The van der Waals surface area contributed by atoms with Crippen molar-refractivity contribution in [2.75, 3.05) is 0 Å². The van der Waals surface area contributed by atoms with E-state index in [0.717, 1.165) is 43.3 Å². The summed E-state index contributed by atoms with van der Waals surface area (Å²) in [5.41, 5.74) is 1.39. The third-order valence-electron chi connectivity index (χ3n) is 8.56. The first-order valence-corrected chi connectivity index (χ1v) is 12.8. The number of cyclic esters (lactones) is 1. The first-order chi connectivity index (χ1) is 15.6. The maximum atomic E-state index is 13.8. The normalized spacial score (nSPS) is 46.6. The average molecular weight is 457 g/mol. The van der Waals surface area contributed by atoms with Crippen LogP contribution in [0.2, 0.25) is 0 Å². The van der Waals surface area contributed by atoms with E-state index in [1.165, 1.54) is 0 Å². The van der Waals surface area contributed by atoms with E-state index >= 15 is 0 Å². The molecule has 0 amide bonds. The molecule has 4 nitrogen and oxygen atoms in total. The Labute approximate surface area is 200 Å². The average Bonchev–Trinajstić information content (AvgIpc) is 2.77. The van der Waals surface area contributed by atoms with E-state index in [1.54, 1.807) is 0 Å². The molecule has 1 aliphatic heterocycles. The third kappa shape index (κ3) is 5.38. The maximum absolute atomic E-state index is 13.8. The molecule has 0 bridgehead atoms. The van der Waals surface area contributed by atoms with Crippen molar-refractivity contribution in [2.24, 2.45) is 35.0 Å². The first kappa shape index (κ1) is 26.0. The smallest absolute Gasteiger partial charge is 0.313 e. The number of allylic oxidation sites excluding steroid dienone is 5. The summed E-state index contributed by atoms with van der Waals surface area (Å²) in [6.07, 6.45) is 15.8. The highest BCUT2D eigenvalue weighted by Crippen LogP contribution is 2.55. The standard InChI is InChI=1S/C29H44O4/c1-18-11-7-9-13-22(5)33-28(32)29(6)24(14-10-8-12-19(2)26(18)30)21(4)17-23-25(29)16-15-20(3)27(23)31/h8,10-12,14,17,19-20,22-27,30-31H,7,9,13,15-16H2,1-6H3/b12-8+,14-10+,18-11-/t19-,20-,22+,23+,24-,25-,26-,27+,29-/m0/s1. The van der Waals surface area contributed by atoms with Gasteiger partial charge in [0.25, 0.3) is 0 Å². The van der Waals surface area contributed by atoms with E-state index in [0.29, 0.717) is 0 Å². The van der Waals surface area contributed by atoms with Crippen LogP contribution >= 0.6 is 0 Å². The van der Waals surface area contributed by atoms with Crippen LogP contribution < -0.4 is 0 Å². The number of aliphatic hydroxyl groups is 2. The van der Waals surface area contributed by atoms with Gasteiger partial charge in [0.2, 0.25) is 0 Å². The summed E-state index contributed by atoms with van der Waals surface area (Å²) in [5, 5.41) is 21.6. The van der Waals surface area contributed by atoms with Crippen LogP contribution in [-0.4, -0.2) is 34.5 Å². The Balaban J connectivity index is 2.00. The number of carbonyl (C=O) groups is 1. The lowest BCUT2D eigenvalue weighted by Crippen LogP contribution is -2.54. The summed E-state index contributed by atoms with van der Waals surface area (Å²) in [4.78, 5) is 13.8. The summed E-state index contributed by atoms with van der Waals surface area (Å²) in [6, 6.07) is 0. The fraction of sp³-hybridized carbons (Fsp3) is 0.690. The molecule has 2 N–H and O–H groups in total. The number of esters is 1. The van der Waals surface area contributed by atoms with Gasteiger partial charge < -0.3 is 14.9 Å². The Morgan fingerprint density at radius 1 is 1.00 bits per heavy atom. The molecule has 0 radical (unpaired) electrons. The van der Waals surface area contributed by atoms with Crippen molar-refractivity contribution in [3.8, 4) is 0 Å². The van der Waals surface area contributed by atoms with Crippen molar-refractivity contribution in [2.45, 2.75) is 92.0 Å². The van der Waals surface area contributed by atoms with Crippen molar-refractivity contribution in [1.82, 2.24) is 0 Å². The fourth-order valence-corrected chi connectivity index (χ4v) is 6.24. The molecule has 0 aromatic heterocycles. The molecule has 3 aliphatic rings. The lowest BCUT2D eigenvalue weighted by molar-refractivity contribution is -0.172. The topological polar surface area (TPSA) is 66.8 Å². The van der Waals surface area contributed by atoms with Gasteiger partial charge in [-0.05, 0) is 77.2 Å². The Bertz CT molecular complexity index is 821. The Morgan fingerprint density at radius 2 is 1.70 bits per heavy atom. The molecule has 4 heteroatoms. The predicted octanol–water partition coefficient (Wildman–Crippen LogP) is 5.76. The van der Waals surface area contributed by atoms with Gasteiger partial charge in [0.05, 0.1) is 23.7 Å². The van der Waals surface area contributed by atoms with Crippen LogP contribution in [0, 0.1) is 35.0 Å². The van der Waals surface area contributed by atoms with E-state index in [-0.39, 0.29) is 41.7 Å². The lowest BCUT2D eigenvalue weighted by Gasteiger charge is -2.52. The van der Waals surface area contributed by atoms with Gasteiger partial charge in [-0.3, -0.25) is 4.79 Å². The number of fused-ring (bicyclic) bond motifs is 3. The van der Waals surface area contributed by atoms with Gasteiger partial charge in [-0.2, -0.15) is 0 Å². The molecule has 0 unspecified atom stereocenters. The number of rotatable bonds is 0. The Kier molecular flexibility index (Phi) is 8.45. The third-order valence-corrected chi connectivity index (χ3v) is 8.56. The van der Waals surface area contributed by atoms with Gasteiger partial charge in [0.1, 0.15) is 0 Å². The van der Waals surface area contributed by atoms with E-state index in [4.69, 9.17) is 4.74 Å². The van der Waals surface area contributed by atoms with Gasteiger partial charge >= 0.3 is 5.97 Å². The highest BCUT2D eigenvalue weighted by molar-refractivity contribution is 5.79. The van der Waals surface area contributed by atoms with E-state index in [1.807, 2.05) is 39.0 Å². The molecule has 0 aromatic carbocycles. The monoisotopic (exact) mass is 456 g/mol. The predicted molar refractivity (Wildman–Crippen MR) is 133 cm³/mol. The lowest BCUT2D eigenvalue weighted by atomic mass is 9.52. The van der Waals surface area contributed by atoms with Crippen molar-refractivity contribution in [1.29, 1.82) is 0 Å². The molecule has 0 aromatic rings. The van der Waals surface area contributed by atoms with Gasteiger partial charge in [0.15, 0.2) is 0 Å². The number of hydrogen-bond acceptors (Lipinski definition) is 4. The van der Waals surface area contributed by atoms with Crippen LogP contribution in [0.3, 0.4) is 0 Å². The maximum Gasteiger partial charge on any atom is 0.313 e. The van der Waals surface area contributed by atoms with Gasteiger partial charge in [0, 0.05) is 17.8 Å². The van der Waals surface area contributed by atoms with E-state index in [9.17, 15) is 15.0 Å². The molecule has 184 valence electrons. The molecule has 3 rings (SSSR count). The van der Waals surface area contributed by atoms with Gasteiger partial charge in [-0.25, -0.2) is 0 Å². The minimum absolute atomic E-state index is 0.0106. The molecule has 2 aliphatic carbocycles. The van der Waals surface area contributed by atoms with E-state index in [2.05, 4.69) is 39.0 Å². The number of aliphatic hydroxyl groups excluding tert-OH is 2.